The number of benzene rings is 1. The zero-order valence-corrected chi connectivity index (χ0v) is 13.3. The second-order valence-electron chi connectivity index (χ2n) is 5.99. The molecular formula is C16H20N6O2. The van der Waals surface area contributed by atoms with E-state index < -0.39 is 0 Å². The Labute approximate surface area is 139 Å². The molecule has 1 aromatic heterocycles. The van der Waals surface area contributed by atoms with Crippen LogP contribution in [-0.2, 0) is 4.79 Å². The fourth-order valence-electron chi connectivity index (χ4n) is 2.94. The smallest absolute Gasteiger partial charge is 0.269 e. The number of rotatable bonds is 5. The minimum absolute atomic E-state index is 0.152. The molecule has 1 heterocycles. The van der Waals surface area contributed by atoms with Crippen LogP contribution in [0.5, 0.6) is 0 Å². The van der Waals surface area contributed by atoms with Gasteiger partial charge in [0, 0.05) is 12.0 Å². The van der Waals surface area contributed by atoms with Crippen LogP contribution in [0, 0.1) is 5.92 Å². The third-order valence-electron chi connectivity index (χ3n) is 4.31. The molecule has 1 fully saturated rings. The van der Waals surface area contributed by atoms with Gasteiger partial charge in [0.25, 0.3) is 5.91 Å². The van der Waals surface area contributed by atoms with E-state index in [1.807, 2.05) is 0 Å². The molecule has 0 bridgehead atoms. The average molecular weight is 328 g/mol. The fraction of sp³-hybridized carbons (Fsp3) is 0.438. The van der Waals surface area contributed by atoms with Gasteiger partial charge < -0.3 is 0 Å². The molecule has 0 aliphatic heterocycles. The highest BCUT2D eigenvalue weighted by Crippen LogP contribution is 2.28. The number of carbonyl (C=O) groups is 2. The summed E-state index contributed by atoms with van der Waals surface area (Å²) < 4.78 is 1.49. The van der Waals surface area contributed by atoms with Crippen LogP contribution in [0.15, 0.2) is 30.6 Å². The molecule has 0 saturated heterocycles. The third-order valence-corrected chi connectivity index (χ3v) is 4.31. The molecule has 1 aliphatic carbocycles. The summed E-state index contributed by atoms with van der Waals surface area (Å²) in [6.07, 6.45) is 7.78. The van der Waals surface area contributed by atoms with Gasteiger partial charge in [-0.25, -0.2) is 4.68 Å². The number of nitrogens with one attached hydrogen (secondary N) is 2. The van der Waals surface area contributed by atoms with Gasteiger partial charge in [-0.05, 0) is 47.0 Å². The summed E-state index contributed by atoms with van der Waals surface area (Å²) in [5, 5.41) is 10.9. The topological polar surface area (TPSA) is 102 Å². The lowest BCUT2D eigenvalue weighted by Gasteiger charge is -2.10. The van der Waals surface area contributed by atoms with Crippen molar-refractivity contribution >= 4 is 11.8 Å². The Morgan fingerprint density at radius 2 is 1.88 bits per heavy atom. The van der Waals surface area contributed by atoms with Crippen molar-refractivity contribution in [3.05, 3.63) is 36.2 Å². The van der Waals surface area contributed by atoms with Gasteiger partial charge in [0.1, 0.15) is 6.33 Å². The highest BCUT2D eigenvalue weighted by molar-refractivity contribution is 5.95. The van der Waals surface area contributed by atoms with E-state index in [9.17, 15) is 9.59 Å². The van der Waals surface area contributed by atoms with Crippen LogP contribution < -0.4 is 10.9 Å². The number of hydrazine groups is 1. The summed E-state index contributed by atoms with van der Waals surface area (Å²) in [7, 11) is 0. The van der Waals surface area contributed by atoms with Crippen molar-refractivity contribution in [2.75, 3.05) is 0 Å². The molecule has 2 N–H and O–H groups in total. The summed E-state index contributed by atoms with van der Waals surface area (Å²) in [6, 6.07) is 6.76. The summed E-state index contributed by atoms with van der Waals surface area (Å²) >= 11 is 0. The molecule has 24 heavy (non-hydrogen) atoms. The molecule has 1 aliphatic rings. The van der Waals surface area contributed by atoms with Crippen molar-refractivity contribution in [2.24, 2.45) is 5.92 Å². The van der Waals surface area contributed by atoms with E-state index in [4.69, 9.17) is 0 Å². The first kappa shape index (κ1) is 16.1. The molecule has 0 atom stereocenters. The second kappa shape index (κ2) is 7.67. The minimum Gasteiger partial charge on any atom is -0.273 e. The van der Waals surface area contributed by atoms with Crippen molar-refractivity contribution in [1.29, 1.82) is 0 Å². The zero-order chi connectivity index (χ0) is 16.8. The van der Waals surface area contributed by atoms with Gasteiger partial charge in [0.2, 0.25) is 5.91 Å². The number of nitrogens with zero attached hydrogens (tertiary/aromatic N) is 4. The van der Waals surface area contributed by atoms with Crippen LogP contribution in [0.2, 0.25) is 0 Å². The van der Waals surface area contributed by atoms with Crippen molar-refractivity contribution in [1.82, 2.24) is 31.1 Å². The maximum Gasteiger partial charge on any atom is 0.269 e. The molecule has 1 saturated carbocycles. The molecule has 0 spiro atoms. The summed E-state index contributed by atoms with van der Waals surface area (Å²) in [5.41, 5.74) is 6.11. The zero-order valence-electron chi connectivity index (χ0n) is 13.3. The number of aromatic nitrogens is 4. The largest absolute Gasteiger partial charge is 0.273 e. The predicted octanol–water partition coefficient (Wildman–Crippen LogP) is 1.39. The van der Waals surface area contributed by atoms with Crippen LogP contribution in [-0.4, -0.2) is 32.0 Å². The van der Waals surface area contributed by atoms with Crippen LogP contribution in [0.1, 0.15) is 48.9 Å². The number of hydrogen-bond acceptors (Lipinski definition) is 5. The van der Waals surface area contributed by atoms with Crippen LogP contribution in [0.3, 0.4) is 0 Å². The number of amides is 2. The van der Waals surface area contributed by atoms with Gasteiger partial charge in [-0.15, -0.1) is 5.10 Å². The third kappa shape index (κ3) is 4.15. The molecule has 3 rings (SSSR count). The first-order valence-corrected chi connectivity index (χ1v) is 8.15. The second-order valence-corrected chi connectivity index (χ2v) is 5.99. The number of tetrazole rings is 1. The van der Waals surface area contributed by atoms with Crippen LogP contribution in [0.25, 0.3) is 5.69 Å². The van der Waals surface area contributed by atoms with Gasteiger partial charge in [-0.1, -0.05) is 25.7 Å². The van der Waals surface area contributed by atoms with E-state index in [-0.39, 0.29) is 11.8 Å². The fourth-order valence-corrected chi connectivity index (χ4v) is 2.94. The Morgan fingerprint density at radius 3 is 2.54 bits per heavy atom. The lowest BCUT2D eigenvalue weighted by atomic mass is 10.0. The van der Waals surface area contributed by atoms with E-state index in [0.29, 0.717) is 17.9 Å². The molecule has 126 valence electrons. The monoisotopic (exact) mass is 328 g/mol. The first-order valence-electron chi connectivity index (χ1n) is 8.15. The number of carbonyl (C=O) groups excluding carboxylic acids is 2. The van der Waals surface area contributed by atoms with Crippen LogP contribution >= 0.6 is 0 Å². The predicted molar refractivity (Wildman–Crippen MR) is 86.0 cm³/mol. The van der Waals surface area contributed by atoms with Crippen molar-refractivity contribution < 1.29 is 9.59 Å². The average Bonchev–Trinajstić information content (AvgIpc) is 3.31. The Kier molecular flexibility index (Phi) is 5.15. The molecule has 0 unspecified atom stereocenters. The Hall–Kier alpha value is -2.77. The van der Waals surface area contributed by atoms with Crippen LogP contribution in [0.4, 0.5) is 0 Å². The lowest BCUT2D eigenvalue weighted by molar-refractivity contribution is -0.122. The number of hydrogen-bond donors (Lipinski definition) is 2. The molecule has 0 radical (unpaired) electrons. The van der Waals surface area contributed by atoms with Crippen molar-refractivity contribution in [2.45, 2.75) is 38.5 Å². The van der Waals surface area contributed by atoms with E-state index in [2.05, 4.69) is 26.4 Å². The highest BCUT2D eigenvalue weighted by atomic mass is 16.2. The van der Waals surface area contributed by atoms with Gasteiger partial charge in [0.05, 0.1) is 5.69 Å². The van der Waals surface area contributed by atoms with E-state index in [0.717, 1.165) is 12.1 Å². The SMILES string of the molecule is O=C(CCC1CCCC1)NNC(=O)c1ccc(-n2cnnn2)cc1. The standard InChI is InChI=1S/C16H20N6O2/c23-15(10-5-12-3-1-2-4-12)18-19-16(24)13-6-8-14(9-7-13)22-11-17-20-21-22/h6-9,11-12H,1-5,10H2,(H,18,23)(H,19,24). The molecule has 8 heteroatoms. The highest BCUT2D eigenvalue weighted by Gasteiger charge is 2.16. The van der Waals surface area contributed by atoms with E-state index in [1.54, 1.807) is 24.3 Å². The van der Waals surface area contributed by atoms with Gasteiger partial charge in [-0.2, -0.15) is 0 Å². The Morgan fingerprint density at radius 1 is 1.12 bits per heavy atom. The first-order chi connectivity index (χ1) is 11.7. The normalized spacial score (nSPS) is 14.5. The van der Waals surface area contributed by atoms with Gasteiger partial charge >= 0.3 is 0 Å². The molecule has 1 aromatic carbocycles. The van der Waals surface area contributed by atoms with Crippen molar-refractivity contribution in [3.63, 3.8) is 0 Å². The Bertz CT molecular complexity index is 677. The molecule has 2 aromatic rings. The van der Waals surface area contributed by atoms with E-state index in [1.165, 1.54) is 36.7 Å². The van der Waals surface area contributed by atoms with Crippen molar-refractivity contribution in [3.8, 4) is 5.69 Å². The molecular weight excluding hydrogens is 308 g/mol. The van der Waals surface area contributed by atoms with E-state index >= 15 is 0 Å². The quantitative estimate of drug-likeness (QED) is 0.808. The maximum absolute atomic E-state index is 12.0. The van der Waals surface area contributed by atoms with Gasteiger partial charge in [-0.3, -0.25) is 20.4 Å². The lowest BCUT2D eigenvalue weighted by Crippen LogP contribution is -2.41. The summed E-state index contributed by atoms with van der Waals surface area (Å²) in [4.78, 5) is 23.8. The summed E-state index contributed by atoms with van der Waals surface area (Å²) in [5.74, 6) is 0.151. The summed E-state index contributed by atoms with van der Waals surface area (Å²) in [6.45, 7) is 0. The Balaban J connectivity index is 1.45. The minimum atomic E-state index is -0.354. The molecule has 2 amide bonds. The maximum atomic E-state index is 12.0. The van der Waals surface area contributed by atoms with Gasteiger partial charge in [0.15, 0.2) is 0 Å². The molecule has 8 nitrogen and oxygen atoms in total.